The minimum atomic E-state index is -0.236. The molecular weight excluding hydrogens is 346 g/mol. The number of halogens is 1. The maximum Gasteiger partial charge on any atom is 0.257 e. The van der Waals surface area contributed by atoms with Gasteiger partial charge in [0.25, 0.3) is 11.8 Å². The van der Waals surface area contributed by atoms with Crippen LogP contribution in [-0.2, 0) is 4.79 Å². The molecule has 1 saturated heterocycles. The van der Waals surface area contributed by atoms with Crippen LogP contribution in [0.3, 0.4) is 0 Å². The summed E-state index contributed by atoms with van der Waals surface area (Å²) in [5, 5.41) is 8.77. The van der Waals surface area contributed by atoms with Crippen LogP contribution < -0.4 is 25.4 Å². The van der Waals surface area contributed by atoms with E-state index in [0.29, 0.717) is 29.5 Å². The molecule has 0 aromatic heterocycles. The fourth-order valence-corrected chi connectivity index (χ4v) is 2.58. The molecule has 1 fully saturated rings. The maximum atomic E-state index is 12.3. The van der Waals surface area contributed by atoms with Gasteiger partial charge in [0.1, 0.15) is 0 Å². The molecule has 1 aromatic carbocycles. The van der Waals surface area contributed by atoms with Crippen molar-refractivity contribution in [1.82, 2.24) is 16.0 Å². The fraction of sp³-hybridized carbons (Fsp3) is 0.529. The zero-order valence-electron chi connectivity index (χ0n) is 14.6. The molecule has 0 radical (unpaired) electrons. The lowest BCUT2D eigenvalue weighted by molar-refractivity contribution is -0.122. The number of likely N-dealkylation sites (N-methyl/N-ethyl adjacent to an activating group) is 1. The third kappa shape index (κ3) is 6.43. The number of carbonyl (C=O) groups is 2. The van der Waals surface area contributed by atoms with Gasteiger partial charge in [-0.15, -0.1) is 12.4 Å². The van der Waals surface area contributed by atoms with Crippen LogP contribution in [0.4, 0.5) is 0 Å². The molecule has 0 spiro atoms. The molecule has 0 bridgehead atoms. The van der Waals surface area contributed by atoms with Crippen molar-refractivity contribution < 1.29 is 19.1 Å². The molecule has 1 aliphatic heterocycles. The topological polar surface area (TPSA) is 88.7 Å². The van der Waals surface area contributed by atoms with E-state index in [-0.39, 0.29) is 30.8 Å². The molecule has 1 aromatic rings. The van der Waals surface area contributed by atoms with Gasteiger partial charge in [-0.2, -0.15) is 0 Å². The summed E-state index contributed by atoms with van der Waals surface area (Å²) in [6, 6.07) is 4.92. The molecule has 140 valence electrons. The monoisotopic (exact) mass is 371 g/mol. The zero-order valence-corrected chi connectivity index (χ0v) is 15.4. The number of carbonyl (C=O) groups excluding carboxylic acids is 2. The van der Waals surface area contributed by atoms with E-state index in [0.717, 1.165) is 25.9 Å². The molecule has 0 aliphatic carbocycles. The van der Waals surface area contributed by atoms with E-state index in [9.17, 15) is 9.59 Å². The van der Waals surface area contributed by atoms with E-state index in [1.807, 2.05) is 0 Å². The first-order chi connectivity index (χ1) is 11.6. The highest BCUT2D eigenvalue weighted by atomic mass is 35.5. The normalized spacial score (nSPS) is 16.3. The van der Waals surface area contributed by atoms with Gasteiger partial charge in [-0.25, -0.2) is 0 Å². The highest BCUT2D eigenvalue weighted by Gasteiger charge is 2.16. The van der Waals surface area contributed by atoms with Gasteiger partial charge in [0.2, 0.25) is 0 Å². The first-order valence-electron chi connectivity index (χ1n) is 8.14. The van der Waals surface area contributed by atoms with Crippen molar-refractivity contribution in [2.45, 2.75) is 12.8 Å². The van der Waals surface area contributed by atoms with Crippen molar-refractivity contribution in [3.05, 3.63) is 23.8 Å². The van der Waals surface area contributed by atoms with E-state index >= 15 is 0 Å². The maximum absolute atomic E-state index is 12.3. The molecular formula is C17H26ClN3O4. The van der Waals surface area contributed by atoms with E-state index < -0.39 is 0 Å². The molecule has 1 atom stereocenters. The van der Waals surface area contributed by atoms with Crippen LogP contribution >= 0.6 is 12.4 Å². The first kappa shape index (κ1) is 21.1. The van der Waals surface area contributed by atoms with Crippen LogP contribution in [0.1, 0.15) is 23.2 Å². The van der Waals surface area contributed by atoms with Crippen molar-refractivity contribution >= 4 is 24.2 Å². The highest BCUT2D eigenvalue weighted by molar-refractivity contribution is 5.94. The third-order valence-electron chi connectivity index (χ3n) is 4.01. The van der Waals surface area contributed by atoms with Gasteiger partial charge in [-0.3, -0.25) is 9.59 Å². The fourth-order valence-electron chi connectivity index (χ4n) is 2.58. The quantitative estimate of drug-likeness (QED) is 0.664. The molecule has 25 heavy (non-hydrogen) atoms. The molecule has 3 N–H and O–H groups in total. The predicted octanol–water partition coefficient (Wildman–Crippen LogP) is 0.971. The van der Waals surface area contributed by atoms with Crippen LogP contribution in [0, 0.1) is 5.92 Å². The standard InChI is InChI=1S/C17H25N3O4.ClH/c1-18-16(21)11-24-14-6-5-13(8-15(14)23-2)17(22)20-10-12-4-3-7-19-9-12;/h5-6,8,12,19H,3-4,7,9-11H2,1-2H3,(H,18,21)(H,20,22);1H. The number of rotatable bonds is 7. The highest BCUT2D eigenvalue weighted by Crippen LogP contribution is 2.28. The van der Waals surface area contributed by atoms with Crippen molar-refractivity contribution in [3.8, 4) is 11.5 Å². The second-order valence-electron chi connectivity index (χ2n) is 5.75. The summed E-state index contributed by atoms with van der Waals surface area (Å²) in [4.78, 5) is 23.5. The Balaban J connectivity index is 0.00000312. The lowest BCUT2D eigenvalue weighted by Crippen LogP contribution is -2.38. The Labute approximate surface area is 154 Å². The SMILES string of the molecule is CNC(=O)COc1ccc(C(=O)NCC2CCCNC2)cc1OC.Cl. The van der Waals surface area contributed by atoms with Gasteiger partial charge in [0.15, 0.2) is 18.1 Å². The number of amides is 2. The Morgan fingerprint density at radius 2 is 2.12 bits per heavy atom. The minimum absolute atomic E-state index is 0. The number of methoxy groups -OCH3 is 1. The van der Waals surface area contributed by atoms with Crippen molar-refractivity contribution in [2.75, 3.05) is 40.4 Å². The van der Waals surface area contributed by atoms with E-state index in [2.05, 4.69) is 16.0 Å². The van der Waals surface area contributed by atoms with Gasteiger partial charge in [0, 0.05) is 19.2 Å². The van der Waals surface area contributed by atoms with Crippen molar-refractivity contribution in [1.29, 1.82) is 0 Å². The Kier molecular flexibility index (Phi) is 9.08. The number of piperidine rings is 1. The van der Waals surface area contributed by atoms with Gasteiger partial charge >= 0.3 is 0 Å². The Hall–Kier alpha value is -1.99. The molecule has 2 rings (SSSR count). The zero-order chi connectivity index (χ0) is 17.4. The first-order valence-corrected chi connectivity index (χ1v) is 8.14. The summed E-state index contributed by atoms with van der Waals surface area (Å²) < 4.78 is 10.6. The lowest BCUT2D eigenvalue weighted by atomic mass is 9.99. The number of nitrogens with one attached hydrogen (secondary N) is 3. The number of hydrogen-bond donors (Lipinski definition) is 3. The van der Waals surface area contributed by atoms with Crippen LogP contribution in [-0.4, -0.2) is 52.2 Å². The number of benzene rings is 1. The molecule has 7 nitrogen and oxygen atoms in total. The van der Waals surface area contributed by atoms with Crippen molar-refractivity contribution in [2.24, 2.45) is 5.92 Å². The van der Waals surface area contributed by atoms with E-state index in [1.165, 1.54) is 14.2 Å². The van der Waals surface area contributed by atoms with E-state index in [1.54, 1.807) is 18.2 Å². The summed E-state index contributed by atoms with van der Waals surface area (Å²) in [6.07, 6.45) is 2.27. The second-order valence-corrected chi connectivity index (χ2v) is 5.75. The molecule has 1 heterocycles. The Bertz CT molecular complexity index is 577. The lowest BCUT2D eigenvalue weighted by Gasteiger charge is -2.22. The number of ether oxygens (including phenoxy) is 2. The average Bonchev–Trinajstić information content (AvgIpc) is 2.64. The smallest absolute Gasteiger partial charge is 0.257 e. The molecule has 1 unspecified atom stereocenters. The summed E-state index contributed by atoms with van der Waals surface area (Å²) in [6.45, 7) is 2.55. The van der Waals surface area contributed by atoms with Crippen LogP contribution in [0.5, 0.6) is 11.5 Å². The average molecular weight is 372 g/mol. The van der Waals surface area contributed by atoms with Gasteiger partial charge in [-0.05, 0) is 50.0 Å². The molecule has 0 saturated carbocycles. The molecule has 1 aliphatic rings. The Morgan fingerprint density at radius 1 is 1.32 bits per heavy atom. The molecule has 8 heteroatoms. The van der Waals surface area contributed by atoms with Crippen LogP contribution in [0.15, 0.2) is 18.2 Å². The molecule has 2 amide bonds. The summed E-state index contributed by atoms with van der Waals surface area (Å²) in [7, 11) is 3.04. The number of hydrogen-bond acceptors (Lipinski definition) is 5. The summed E-state index contributed by atoms with van der Waals surface area (Å²) in [5.41, 5.74) is 0.503. The second kappa shape index (κ2) is 10.8. The van der Waals surface area contributed by atoms with Crippen LogP contribution in [0.2, 0.25) is 0 Å². The van der Waals surface area contributed by atoms with Gasteiger partial charge in [0.05, 0.1) is 7.11 Å². The van der Waals surface area contributed by atoms with Crippen molar-refractivity contribution in [3.63, 3.8) is 0 Å². The van der Waals surface area contributed by atoms with Gasteiger partial charge in [-0.1, -0.05) is 0 Å². The Morgan fingerprint density at radius 3 is 2.76 bits per heavy atom. The van der Waals surface area contributed by atoms with E-state index in [4.69, 9.17) is 9.47 Å². The third-order valence-corrected chi connectivity index (χ3v) is 4.01. The van der Waals surface area contributed by atoms with Gasteiger partial charge < -0.3 is 25.4 Å². The van der Waals surface area contributed by atoms with Crippen LogP contribution in [0.25, 0.3) is 0 Å². The summed E-state index contributed by atoms with van der Waals surface area (Å²) in [5.74, 6) is 0.941. The predicted molar refractivity (Wildman–Crippen MR) is 97.7 cm³/mol. The largest absolute Gasteiger partial charge is 0.493 e. The summed E-state index contributed by atoms with van der Waals surface area (Å²) >= 11 is 0. The minimum Gasteiger partial charge on any atom is -0.493 e.